The molecule has 112 valence electrons. The van der Waals surface area contributed by atoms with Crippen LogP contribution >= 0.6 is 11.3 Å². The zero-order valence-electron chi connectivity index (χ0n) is 11.1. The average molecular weight is 328 g/mol. The van der Waals surface area contributed by atoms with Crippen LogP contribution in [0.3, 0.4) is 0 Å². The Hall–Kier alpha value is -1.55. The molecule has 0 amide bonds. The summed E-state index contributed by atoms with van der Waals surface area (Å²) in [6, 6.07) is 3.15. The Labute approximate surface area is 125 Å². The number of aromatic nitrogens is 2. The zero-order chi connectivity index (χ0) is 14.9. The van der Waals surface area contributed by atoms with Gasteiger partial charge in [0.05, 0.1) is 25.1 Å². The summed E-state index contributed by atoms with van der Waals surface area (Å²) in [5, 5.41) is 0.456. The van der Waals surface area contributed by atoms with Crippen LogP contribution in [0.15, 0.2) is 28.7 Å². The van der Waals surface area contributed by atoms with Crippen LogP contribution in [0, 0.1) is 6.92 Å². The highest BCUT2D eigenvalue weighted by Gasteiger charge is 2.27. The van der Waals surface area contributed by atoms with Crippen LogP contribution in [0.2, 0.25) is 0 Å². The molecule has 0 aliphatic carbocycles. The number of rotatable bonds is 4. The van der Waals surface area contributed by atoms with Crippen LogP contribution in [0.4, 0.5) is 0 Å². The van der Waals surface area contributed by atoms with E-state index in [0.717, 1.165) is 11.3 Å². The molecular formula is C12H12N2O5S2. The summed E-state index contributed by atoms with van der Waals surface area (Å²) in [7, 11) is -3.94. The molecule has 1 saturated heterocycles. The van der Waals surface area contributed by atoms with Crippen LogP contribution in [-0.4, -0.2) is 31.6 Å². The third kappa shape index (κ3) is 3.05. The average Bonchev–Trinajstić information content (AvgIpc) is 3.11. The third-order valence-corrected chi connectivity index (χ3v) is 5.40. The number of aryl methyl sites for hydroxylation is 1. The van der Waals surface area contributed by atoms with Gasteiger partial charge in [-0.15, -0.1) is 0 Å². The molecule has 0 radical (unpaired) electrons. The first kappa shape index (κ1) is 14.4. The molecule has 1 aliphatic rings. The lowest BCUT2D eigenvalue weighted by Crippen LogP contribution is -2.09. The summed E-state index contributed by atoms with van der Waals surface area (Å²) < 4.78 is 40.1. The number of nitrogens with zero attached hydrogens (tertiary/aromatic N) is 2. The molecule has 0 unspecified atom stereocenters. The van der Waals surface area contributed by atoms with Gasteiger partial charge in [0.15, 0.2) is 15.0 Å². The predicted octanol–water partition coefficient (Wildman–Crippen LogP) is 1.66. The molecule has 0 bridgehead atoms. The molecule has 0 N–H and O–H groups in total. The van der Waals surface area contributed by atoms with E-state index in [1.807, 2.05) is 0 Å². The van der Waals surface area contributed by atoms with E-state index in [1.165, 1.54) is 6.20 Å². The molecule has 0 spiro atoms. The summed E-state index contributed by atoms with van der Waals surface area (Å²) in [4.78, 5) is 8.01. The summed E-state index contributed by atoms with van der Waals surface area (Å²) in [6.07, 6.45) is 2.21. The van der Waals surface area contributed by atoms with Crippen LogP contribution in [-0.2, 0) is 19.6 Å². The Balaban J connectivity index is 1.83. The molecule has 0 atom stereocenters. The maximum absolute atomic E-state index is 12.2. The molecule has 1 fully saturated rings. The van der Waals surface area contributed by atoms with Crippen molar-refractivity contribution in [3.63, 3.8) is 0 Å². The second-order valence-corrected chi connectivity index (χ2v) is 7.05. The second kappa shape index (κ2) is 5.68. The fourth-order valence-corrected chi connectivity index (χ4v) is 3.81. The highest BCUT2D eigenvalue weighted by atomic mass is 32.3. The van der Waals surface area contributed by atoms with Crippen molar-refractivity contribution in [2.75, 3.05) is 13.2 Å². The minimum absolute atomic E-state index is 0.000136. The van der Waals surface area contributed by atoms with E-state index in [-0.39, 0.29) is 9.96 Å². The molecule has 2 aromatic rings. The van der Waals surface area contributed by atoms with Gasteiger partial charge in [-0.25, -0.2) is 4.98 Å². The molecule has 1 aliphatic heterocycles. The first-order valence-electron chi connectivity index (χ1n) is 6.11. The predicted molar refractivity (Wildman–Crippen MR) is 73.5 cm³/mol. The Morgan fingerprint density at radius 3 is 2.81 bits per heavy atom. The standard InChI is InChI=1S/C12H12N2O5S2/c1-8-9(3-2-4-13-8)19-21(15,16)10-7-14-11(20-10)12-17-5-6-18-12/h2-4,7,12H,5-6H2,1H3. The summed E-state index contributed by atoms with van der Waals surface area (Å²) in [5.74, 6) is 0.195. The normalized spacial score (nSPS) is 16.2. The largest absolute Gasteiger partial charge is 0.376 e. The molecule has 9 heteroatoms. The van der Waals surface area contributed by atoms with Gasteiger partial charge in [0, 0.05) is 6.20 Å². The van der Waals surface area contributed by atoms with Gasteiger partial charge in [-0.3, -0.25) is 4.98 Å². The van der Waals surface area contributed by atoms with E-state index >= 15 is 0 Å². The minimum Gasteiger partial charge on any atom is -0.376 e. The van der Waals surface area contributed by atoms with Gasteiger partial charge in [0.1, 0.15) is 0 Å². The van der Waals surface area contributed by atoms with Gasteiger partial charge in [0.2, 0.25) is 6.29 Å². The molecule has 2 aromatic heterocycles. The first-order chi connectivity index (χ1) is 10.1. The van der Waals surface area contributed by atoms with Gasteiger partial charge in [-0.1, -0.05) is 11.3 Å². The van der Waals surface area contributed by atoms with Crippen molar-refractivity contribution in [2.45, 2.75) is 17.4 Å². The van der Waals surface area contributed by atoms with E-state index in [4.69, 9.17) is 13.7 Å². The van der Waals surface area contributed by atoms with Gasteiger partial charge in [-0.05, 0) is 19.1 Å². The topological polar surface area (TPSA) is 87.6 Å². The highest BCUT2D eigenvalue weighted by molar-refractivity contribution is 7.89. The van der Waals surface area contributed by atoms with E-state index < -0.39 is 16.4 Å². The quantitative estimate of drug-likeness (QED) is 0.789. The summed E-state index contributed by atoms with van der Waals surface area (Å²) in [6.45, 7) is 2.61. The Bertz CT molecular complexity index is 738. The molecule has 7 nitrogen and oxygen atoms in total. The Morgan fingerprint density at radius 1 is 1.33 bits per heavy atom. The van der Waals surface area contributed by atoms with Crippen LogP contribution in [0.5, 0.6) is 5.75 Å². The Morgan fingerprint density at radius 2 is 2.10 bits per heavy atom. The van der Waals surface area contributed by atoms with Gasteiger partial charge in [0.25, 0.3) is 0 Å². The van der Waals surface area contributed by atoms with Crippen LogP contribution in [0.1, 0.15) is 17.0 Å². The monoisotopic (exact) mass is 328 g/mol. The molecule has 3 rings (SSSR count). The van der Waals surface area contributed by atoms with Crippen molar-refractivity contribution in [3.8, 4) is 5.75 Å². The molecule has 3 heterocycles. The van der Waals surface area contributed by atoms with Gasteiger partial charge >= 0.3 is 10.1 Å². The number of ether oxygens (including phenoxy) is 2. The van der Waals surface area contributed by atoms with E-state index in [2.05, 4.69) is 9.97 Å². The number of pyridine rings is 1. The minimum atomic E-state index is -3.94. The lowest BCUT2D eigenvalue weighted by atomic mass is 10.3. The number of hydrogen-bond donors (Lipinski definition) is 0. The van der Waals surface area contributed by atoms with Crippen molar-refractivity contribution < 1.29 is 22.1 Å². The first-order valence-corrected chi connectivity index (χ1v) is 8.34. The maximum Gasteiger partial charge on any atom is 0.350 e. The second-order valence-electron chi connectivity index (χ2n) is 4.22. The lowest BCUT2D eigenvalue weighted by Gasteiger charge is -2.06. The van der Waals surface area contributed by atoms with Crippen molar-refractivity contribution in [1.29, 1.82) is 0 Å². The SMILES string of the molecule is Cc1ncccc1OS(=O)(=O)c1cnc(C2OCCO2)s1. The molecular weight excluding hydrogens is 316 g/mol. The van der Waals surface area contributed by atoms with Crippen molar-refractivity contribution in [3.05, 3.63) is 35.2 Å². The van der Waals surface area contributed by atoms with E-state index in [0.29, 0.717) is 23.9 Å². The summed E-state index contributed by atoms with van der Waals surface area (Å²) in [5.41, 5.74) is 0.494. The number of hydrogen-bond acceptors (Lipinski definition) is 8. The van der Waals surface area contributed by atoms with Gasteiger partial charge < -0.3 is 13.7 Å². The van der Waals surface area contributed by atoms with Crippen LogP contribution < -0.4 is 4.18 Å². The zero-order valence-corrected chi connectivity index (χ0v) is 12.7. The fraction of sp³-hybridized carbons (Fsp3) is 0.333. The fourth-order valence-electron chi connectivity index (χ4n) is 1.71. The van der Waals surface area contributed by atoms with Gasteiger partial charge in [-0.2, -0.15) is 8.42 Å². The van der Waals surface area contributed by atoms with Crippen LogP contribution in [0.25, 0.3) is 0 Å². The van der Waals surface area contributed by atoms with Crippen molar-refractivity contribution >= 4 is 21.5 Å². The maximum atomic E-state index is 12.2. The molecule has 0 saturated carbocycles. The molecule has 0 aromatic carbocycles. The van der Waals surface area contributed by atoms with E-state index in [9.17, 15) is 8.42 Å². The smallest absolute Gasteiger partial charge is 0.350 e. The Kier molecular flexibility index (Phi) is 3.89. The van der Waals surface area contributed by atoms with Crippen molar-refractivity contribution in [2.24, 2.45) is 0 Å². The number of thiazole rings is 1. The summed E-state index contributed by atoms with van der Waals surface area (Å²) >= 11 is 0.968. The highest BCUT2D eigenvalue weighted by Crippen LogP contribution is 2.31. The third-order valence-electron chi connectivity index (χ3n) is 2.73. The van der Waals surface area contributed by atoms with E-state index in [1.54, 1.807) is 25.3 Å². The van der Waals surface area contributed by atoms with Crippen molar-refractivity contribution in [1.82, 2.24) is 9.97 Å². The lowest BCUT2D eigenvalue weighted by molar-refractivity contribution is -0.0442. The molecule has 21 heavy (non-hydrogen) atoms.